The zero-order valence-corrected chi connectivity index (χ0v) is 12.1. The summed E-state index contributed by atoms with van der Waals surface area (Å²) in [5, 5.41) is 15.1. The van der Waals surface area contributed by atoms with Crippen molar-refractivity contribution in [3.8, 4) is 0 Å². The second-order valence-electron chi connectivity index (χ2n) is 4.25. The minimum Gasteiger partial charge on any atom is -0.409 e. The van der Waals surface area contributed by atoms with E-state index < -0.39 is 11.3 Å². The summed E-state index contributed by atoms with van der Waals surface area (Å²) >= 11 is 11.8. The number of carbonyl (C=O) groups is 1. The Balaban J connectivity index is 3.04. The van der Waals surface area contributed by atoms with E-state index in [1.165, 1.54) is 6.07 Å². The smallest absolute Gasteiger partial charge is 0.238 e. The zero-order chi connectivity index (χ0) is 14.6. The first-order valence-corrected chi connectivity index (χ1v) is 6.35. The Morgan fingerprint density at radius 3 is 2.68 bits per heavy atom. The summed E-state index contributed by atoms with van der Waals surface area (Å²) in [6.07, 6.45) is 0.368. The van der Waals surface area contributed by atoms with Crippen LogP contribution in [0.4, 0.5) is 5.69 Å². The van der Waals surface area contributed by atoms with E-state index in [9.17, 15) is 4.79 Å². The van der Waals surface area contributed by atoms with Gasteiger partial charge in [0.15, 0.2) is 5.84 Å². The monoisotopic (exact) mass is 303 g/mol. The predicted molar refractivity (Wildman–Crippen MR) is 76.9 cm³/mol. The summed E-state index contributed by atoms with van der Waals surface area (Å²) in [5.74, 6) is -0.583. The van der Waals surface area contributed by atoms with Crippen molar-refractivity contribution in [2.75, 3.05) is 5.32 Å². The van der Waals surface area contributed by atoms with Crippen molar-refractivity contribution in [3.63, 3.8) is 0 Å². The molecule has 1 aromatic carbocycles. The fraction of sp³-hybridized carbons (Fsp3) is 0.333. The zero-order valence-electron chi connectivity index (χ0n) is 10.6. The number of oxime groups is 1. The number of halogens is 2. The van der Waals surface area contributed by atoms with E-state index in [2.05, 4.69) is 10.5 Å². The molecule has 1 rings (SSSR count). The lowest BCUT2D eigenvalue weighted by atomic mass is 9.85. The van der Waals surface area contributed by atoms with Crippen molar-refractivity contribution >= 4 is 40.6 Å². The third kappa shape index (κ3) is 3.30. The quantitative estimate of drug-likeness (QED) is 0.346. The van der Waals surface area contributed by atoms with Gasteiger partial charge in [-0.25, -0.2) is 0 Å². The van der Waals surface area contributed by atoms with E-state index in [1.807, 2.05) is 0 Å². The lowest BCUT2D eigenvalue weighted by Gasteiger charge is -2.25. The van der Waals surface area contributed by atoms with E-state index in [0.717, 1.165) is 0 Å². The Labute approximate surface area is 121 Å². The molecule has 1 unspecified atom stereocenters. The number of nitrogens with one attached hydrogen (secondary N) is 1. The first-order valence-electron chi connectivity index (χ1n) is 5.59. The number of carbonyl (C=O) groups excluding carboxylic acids is 1. The van der Waals surface area contributed by atoms with Crippen LogP contribution in [-0.4, -0.2) is 17.0 Å². The largest absolute Gasteiger partial charge is 0.409 e. The molecule has 4 N–H and O–H groups in total. The Morgan fingerprint density at radius 1 is 1.53 bits per heavy atom. The van der Waals surface area contributed by atoms with Crippen molar-refractivity contribution in [2.45, 2.75) is 20.3 Å². The van der Waals surface area contributed by atoms with Gasteiger partial charge in [-0.15, -0.1) is 0 Å². The minimum absolute atomic E-state index is 0.161. The maximum Gasteiger partial charge on any atom is 0.238 e. The Bertz CT molecular complexity index is 520. The molecule has 19 heavy (non-hydrogen) atoms. The molecule has 0 bridgehead atoms. The van der Waals surface area contributed by atoms with Crippen molar-refractivity contribution in [3.05, 3.63) is 28.2 Å². The Morgan fingerprint density at radius 2 is 2.16 bits per heavy atom. The highest BCUT2D eigenvalue weighted by Gasteiger charge is 2.36. The van der Waals surface area contributed by atoms with Crippen molar-refractivity contribution in [2.24, 2.45) is 16.3 Å². The van der Waals surface area contributed by atoms with Gasteiger partial charge in [0.05, 0.1) is 10.7 Å². The highest BCUT2D eigenvalue weighted by atomic mass is 35.5. The van der Waals surface area contributed by atoms with Crippen LogP contribution in [0.3, 0.4) is 0 Å². The number of nitrogens with two attached hydrogens (primary N) is 1. The topological polar surface area (TPSA) is 87.7 Å². The number of anilines is 1. The molecule has 104 valence electrons. The molecule has 7 heteroatoms. The molecule has 0 radical (unpaired) electrons. The molecule has 5 nitrogen and oxygen atoms in total. The summed E-state index contributed by atoms with van der Waals surface area (Å²) in [4.78, 5) is 12.2. The van der Waals surface area contributed by atoms with Crippen LogP contribution in [0, 0.1) is 5.41 Å². The van der Waals surface area contributed by atoms with E-state index in [-0.39, 0.29) is 5.84 Å². The van der Waals surface area contributed by atoms with Gasteiger partial charge in [-0.3, -0.25) is 4.79 Å². The van der Waals surface area contributed by atoms with Gasteiger partial charge in [0.25, 0.3) is 0 Å². The minimum atomic E-state index is -1.12. The van der Waals surface area contributed by atoms with Gasteiger partial charge in [0.2, 0.25) is 5.91 Å². The van der Waals surface area contributed by atoms with E-state index in [0.29, 0.717) is 22.2 Å². The van der Waals surface area contributed by atoms with Gasteiger partial charge in [-0.05, 0) is 31.5 Å². The SMILES string of the molecule is CCC(C)(C(=O)Nc1cc(Cl)ccc1Cl)/C(N)=N/O. The fourth-order valence-electron chi connectivity index (χ4n) is 1.42. The predicted octanol–water partition coefficient (Wildman–Crippen LogP) is 3.09. The van der Waals surface area contributed by atoms with Crippen molar-refractivity contribution < 1.29 is 10.0 Å². The molecule has 0 heterocycles. The number of amides is 1. The number of hydrogen-bond donors (Lipinski definition) is 3. The molecular weight excluding hydrogens is 289 g/mol. The molecular formula is C12H15Cl2N3O2. The van der Waals surface area contributed by atoms with Crippen LogP contribution < -0.4 is 11.1 Å². The molecule has 0 spiro atoms. The molecule has 1 aromatic rings. The number of benzene rings is 1. The Kier molecular flexibility index (Phi) is 5.03. The van der Waals surface area contributed by atoms with Gasteiger partial charge in [0.1, 0.15) is 5.41 Å². The second-order valence-corrected chi connectivity index (χ2v) is 5.09. The van der Waals surface area contributed by atoms with E-state index in [1.54, 1.807) is 26.0 Å². The van der Waals surface area contributed by atoms with Gasteiger partial charge in [-0.2, -0.15) is 0 Å². The van der Waals surface area contributed by atoms with Crippen molar-refractivity contribution in [1.29, 1.82) is 0 Å². The Hall–Kier alpha value is -1.46. The molecule has 0 fully saturated rings. The van der Waals surface area contributed by atoms with Crippen molar-refractivity contribution in [1.82, 2.24) is 0 Å². The molecule has 0 saturated heterocycles. The number of rotatable bonds is 4. The fourth-order valence-corrected chi connectivity index (χ4v) is 1.76. The maximum absolute atomic E-state index is 12.2. The first kappa shape index (κ1) is 15.6. The average Bonchev–Trinajstić information content (AvgIpc) is 2.40. The van der Waals surface area contributed by atoms with Crippen LogP contribution in [0.25, 0.3) is 0 Å². The van der Waals surface area contributed by atoms with Crippen LogP contribution in [0.2, 0.25) is 10.0 Å². The highest BCUT2D eigenvalue weighted by Crippen LogP contribution is 2.29. The normalized spacial score (nSPS) is 14.8. The number of nitrogens with zero attached hydrogens (tertiary/aromatic N) is 1. The standard InChI is InChI=1S/C12H15Cl2N3O2/c1-3-12(2,10(15)17-19)11(18)16-9-6-7(13)4-5-8(9)14/h4-6,19H,3H2,1-2H3,(H2,15,17)(H,16,18). The van der Waals surface area contributed by atoms with Crippen LogP contribution in [0.5, 0.6) is 0 Å². The van der Waals surface area contributed by atoms with Crippen LogP contribution >= 0.6 is 23.2 Å². The number of hydrogen-bond acceptors (Lipinski definition) is 3. The van der Waals surface area contributed by atoms with Gasteiger partial charge in [0, 0.05) is 5.02 Å². The highest BCUT2D eigenvalue weighted by molar-refractivity contribution is 6.35. The molecule has 1 atom stereocenters. The first-order chi connectivity index (χ1) is 8.85. The molecule has 0 saturated carbocycles. The van der Waals surface area contributed by atoms with Crippen LogP contribution in [0.15, 0.2) is 23.4 Å². The summed E-state index contributed by atoms with van der Waals surface area (Å²) < 4.78 is 0. The van der Waals surface area contributed by atoms with E-state index in [4.69, 9.17) is 34.1 Å². The molecule has 0 aliphatic carbocycles. The average molecular weight is 304 g/mol. The number of amidine groups is 1. The third-order valence-electron chi connectivity index (χ3n) is 3.06. The lowest BCUT2D eigenvalue weighted by molar-refractivity contribution is -0.121. The molecule has 0 aromatic heterocycles. The van der Waals surface area contributed by atoms with Gasteiger partial charge >= 0.3 is 0 Å². The van der Waals surface area contributed by atoms with Gasteiger partial charge < -0.3 is 16.3 Å². The molecule has 0 aliphatic heterocycles. The van der Waals surface area contributed by atoms with Crippen LogP contribution in [0.1, 0.15) is 20.3 Å². The van der Waals surface area contributed by atoms with Gasteiger partial charge in [-0.1, -0.05) is 35.3 Å². The summed E-state index contributed by atoms with van der Waals surface area (Å²) in [5.41, 5.74) is 4.82. The summed E-state index contributed by atoms with van der Waals surface area (Å²) in [7, 11) is 0. The third-order valence-corrected chi connectivity index (χ3v) is 3.62. The summed E-state index contributed by atoms with van der Waals surface area (Å²) in [6, 6.07) is 4.72. The van der Waals surface area contributed by atoms with Crippen LogP contribution in [-0.2, 0) is 4.79 Å². The lowest BCUT2D eigenvalue weighted by Crippen LogP contribution is -2.44. The molecule has 1 amide bonds. The maximum atomic E-state index is 12.2. The molecule has 0 aliphatic rings. The second kappa shape index (κ2) is 6.12. The summed E-state index contributed by atoms with van der Waals surface area (Å²) in [6.45, 7) is 3.34. The van der Waals surface area contributed by atoms with E-state index >= 15 is 0 Å².